The van der Waals surface area contributed by atoms with Gasteiger partial charge in [-0.15, -0.1) is 0 Å². The minimum absolute atomic E-state index is 0.00869. The summed E-state index contributed by atoms with van der Waals surface area (Å²) < 4.78 is 25.3. The van der Waals surface area contributed by atoms with E-state index in [0.717, 1.165) is 28.6 Å². The van der Waals surface area contributed by atoms with Gasteiger partial charge in [0.05, 0.1) is 18.0 Å². The highest BCUT2D eigenvalue weighted by Gasteiger charge is 2.36. The second kappa shape index (κ2) is 7.55. The Morgan fingerprint density at radius 3 is 2.31 bits per heavy atom. The number of rotatable bonds is 4. The molecule has 6 nitrogen and oxygen atoms in total. The molecule has 1 aliphatic rings. The molecule has 2 N–H and O–H groups in total. The standard InChI is InChI=1S/C22H27N3O3S/c1-15-7-6-8-17(13-15)20-14-19(23-25(20)21(26)22(2,3)4)16-9-11-18(12-10-16)24-29(5,27)28/h6-14,20,23-24H,1-5H3. The van der Waals surface area contributed by atoms with Crippen LogP contribution >= 0.6 is 0 Å². The summed E-state index contributed by atoms with van der Waals surface area (Å²) in [5, 5.41) is 1.67. The van der Waals surface area contributed by atoms with E-state index in [2.05, 4.69) is 16.2 Å². The predicted molar refractivity (Wildman–Crippen MR) is 116 cm³/mol. The molecule has 0 aromatic heterocycles. The van der Waals surface area contributed by atoms with Gasteiger partial charge in [-0.25, -0.2) is 13.4 Å². The van der Waals surface area contributed by atoms with Crippen LogP contribution in [0.4, 0.5) is 5.69 Å². The molecule has 1 atom stereocenters. The number of nitrogens with one attached hydrogen (secondary N) is 2. The van der Waals surface area contributed by atoms with Crippen LogP contribution in [0.15, 0.2) is 54.6 Å². The minimum Gasteiger partial charge on any atom is -0.295 e. The molecule has 7 heteroatoms. The van der Waals surface area contributed by atoms with E-state index >= 15 is 0 Å². The molecule has 0 fully saturated rings. The third-order valence-electron chi connectivity index (χ3n) is 4.59. The summed E-state index contributed by atoms with van der Waals surface area (Å²) in [5.41, 5.74) is 7.04. The molecule has 2 aromatic rings. The summed E-state index contributed by atoms with van der Waals surface area (Å²) >= 11 is 0. The maximum atomic E-state index is 13.1. The van der Waals surface area contributed by atoms with Crippen LogP contribution in [-0.2, 0) is 14.8 Å². The summed E-state index contributed by atoms with van der Waals surface area (Å²) in [7, 11) is -3.33. The zero-order valence-corrected chi connectivity index (χ0v) is 18.2. The van der Waals surface area contributed by atoms with E-state index in [9.17, 15) is 13.2 Å². The SMILES string of the molecule is Cc1cccc(C2C=C(c3ccc(NS(C)(=O)=O)cc3)NN2C(=O)C(C)(C)C)c1. The number of hydrogen-bond donors (Lipinski definition) is 2. The number of nitrogens with zero attached hydrogens (tertiary/aromatic N) is 1. The molecule has 0 bridgehead atoms. The van der Waals surface area contributed by atoms with E-state index in [4.69, 9.17) is 0 Å². The quantitative estimate of drug-likeness (QED) is 0.798. The lowest BCUT2D eigenvalue weighted by molar-refractivity contribution is -0.142. The third kappa shape index (κ3) is 4.98. The second-order valence-corrected chi connectivity index (χ2v) is 10.2. The van der Waals surface area contributed by atoms with Crippen molar-refractivity contribution in [3.63, 3.8) is 0 Å². The van der Waals surface area contributed by atoms with Crippen LogP contribution in [0, 0.1) is 12.3 Å². The number of sulfonamides is 1. The Balaban J connectivity index is 1.95. The smallest absolute Gasteiger partial charge is 0.247 e. The first-order chi connectivity index (χ1) is 13.4. The van der Waals surface area contributed by atoms with Crippen molar-refractivity contribution in [1.29, 1.82) is 0 Å². The Morgan fingerprint density at radius 2 is 1.76 bits per heavy atom. The molecule has 0 aliphatic carbocycles. The molecule has 1 heterocycles. The van der Waals surface area contributed by atoms with Crippen molar-refractivity contribution in [1.82, 2.24) is 10.4 Å². The van der Waals surface area contributed by atoms with Gasteiger partial charge in [-0.3, -0.25) is 14.9 Å². The van der Waals surface area contributed by atoms with Crippen LogP contribution in [-0.4, -0.2) is 25.6 Å². The van der Waals surface area contributed by atoms with Crippen molar-refractivity contribution in [2.75, 3.05) is 11.0 Å². The number of carbonyl (C=O) groups excluding carboxylic acids is 1. The van der Waals surface area contributed by atoms with Gasteiger partial charge in [0.15, 0.2) is 0 Å². The number of amides is 1. The molecule has 3 rings (SSSR count). The summed E-state index contributed by atoms with van der Waals surface area (Å²) in [6, 6.07) is 14.9. The lowest BCUT2D eigenvalue weighted by atomic mass is 9.94. The van der Waals surface area contributed by atoms with Crippen LogP contribution in [0.25, 0.3) is 5.70 Å². The second-order valence-electron chi connectivity index (χ2n) is 8.43. The first-order valence-electron chi connectivity index (χ1n) is 9.41. The summed E-state index contributed by atoms with van der Waals surface area (Å²) in [6.45, 7) is 7.72. The normalized spacial score (nSPS) is 16.9. The fourth-order valence-corrected chi connectivity index (χ4v) is 3.76. The number of aryl methyl sites for hydroxylation is 1. The molecule has 0 spiro atoms. The van der Waals surface area contributed by atoms with E-state index in [0.29, 0.717) is 5.69 Å². The van der Waals surface area contributed by atoms with E-state index in [1.54, 1.807) is 17.1 Å². The van der Waals surface area contributed by atoms with Gasteiger partial charge in [-0.1, -0.05) is 62.7 Å². The van der Waals surface area contributed by atoms with Crippen molar-refractivity contribution >= 4 is 27.3 Å². The van der Waals surface area contributed by atoms with Crippen molar-refractivity contribution in [2.24, 2.45) is 5.41 Å². The molecule has 1 unspecified atom stereocenters. The van der Waals surface area contributed by atoms with Crippen LogP contribution in [0.2, 0.25) is 0 Å². The highest BCUT2D eigenvalue weighted by atomic mass is 32.2. The van der Waals surface area contributed by atoms with E-state index in [1.165, 1.54) is 0 Å². The Hall–Kier alpha value is -2.80. The number of hydrazine groups is 1. The monoisotopic (exact) mass is 413 g/mol. The third-order valence-corrected chi connectivity index (χ3v) is 5.19. The van der Waals surface area contributed by atoms with Crippen molar-refractivity contribution in [3.05, 3.63) is 71.3 Å². The highest BCUT2D eigenvalue weighted by molar-refractivity contribution is 7.92. The molecule has 1 amide bonds. The van der Waals surface area contributed by atoms with Crippen molar-refractivity contribution in [2.45, 2.75) is 33.7 Å². The van der Waals surface area contributed by atoms with Crippen LogP contribution in [0.3, 0.4) is 0 Å². The zero-order chi connectivity index (χ0) is 21.4. The molecule has 154 valence electrons. The van der Waals surface area contributed by atoms with E-state index in [1.807, 2.05) is 64.1 Å². The van der Waals surface area contributed by atoms with Gasteiger partial charge < -0.3 is 0 Å². The zero-order valence-electron chi connectivity index (χ0n) is 17.4. The molecular weight excluding hydrogens is 386 g/mol. The van der Waals surface area contributed by atoms with Crippen LogP contribution in [0.1, 0.15) is 43.5 Å². The molecule has 0 saturated heterocycles. The Labute approximate surface area is 172 Å². The Kier molecular flexibility index (Phi) is 5.45. The van der Waals surface area contributed by atoms with Gasteiger partial charge in [-0.05, 0) is 36.3 Å². The average molecular weight is 414 g/mol. The van der Waals surface area contributed by atoms with Gasteiger partial charge in [-0.2, -0.15) is 0 Å². The molecular formula is C22H27N3O3S. The molecule has 1 aliphatic heterocycles. The summed E-state index contributed by atoms with van der Waals surface area (Å²) in [5.74, 6) is -0.00869. The first-order valence-corrected chi connectivity index (χ1v) is 11.3. The molecule has 0 radical (unpaired) electrons. The average Bonchev–Trinajstić information content (AvgIpc) is 3.04. The summed E-state index contributed by atoms with van der Waals surface area (Å²) in [6.07, 6.45) is 3.14. The first kappa shape index (κ1) is 20.9. The Bertz CT molecular complexity index is 1050. The number of anilines is 1. The van der Waals surface area contributed by atoms with Crippen LogP contribution < -0.4 is 10.1 Å². The maximum Gasteiger partial charge on any atom is 0.247 e. The van der Waals surface area contributed by atoms with Gasteiger partial charge in [0, 0.05) is 11.1 Å². The maximum absolute atomic E-state index is 13.1. The highest BCUT2D eigenvalue weighted by Crippen LogP contribution is 2.34. The molecule has 2 aromatic carbocycles. The van der Waals surface area contributed by atoms with Crippen molar-refractivity contribution in [3.8, 4) is 0 Å². The largest absolute Gasteiger partial charge is 0.295 e. The topological polar surface area (TPSA) is 78.5 Å². The fraction of sp³-hybridized carbons (Fsp3) is 0.318. The predicted octanol–water partition coefficient (Wildman–Crippen LogP) is 3.84. The lowest BCUT2D eigenvalue weighted by Crippen LogP contribution is -2.45. The van der Waals surface area contributed by atoms with E-state index in [-0.39, 0.29) is 11.9 Å². The molecule has 0 saturated carbocycles. The van der Waals surface area contributed by atoms with Crippen LogP contribution in [0.5, 0.6) is 0 Å². The van der Waals surface area contributed by atoms with Crippen molar-refractivity contribution < 1.29 is 13.2 Å². The molecule has 29 heavy (non-hydrogen) atoms. The van der Waals surface area contributed by atoms with Gasteiger partial charge >= 0.3 is 0 Å². The minimum atomic E-state index is -3.33. The van der Waals surface area contributed by atoms with Gasteiger partial charge in [0.2, 0.25) is 15.9 Å². The van der Waals surface area contributed by atoms with Gasteiger partial charge in [0.1, 0.15) is 0 Å². The van der Waals surface area contributed by atoms with E-state index < -0.39 is 15.4 Å². The fourth-order valence-electron chi connectivity index (χ4n) is 3.20. The van der Waals surface area contributed by atoms with Gasteiger partial charge in [0.25, 0.3) is 0 Å². The number of hydrogen-bond acceptors (Lipinski definition) is 4. The summed E-state index contributed by atoms with van der Waals surface area (Å²) in [4.78, 5) is 13.1. The number of carbonyl (C=O) groups is 1. The Morgan fingerprint density at radius 1 is 1.10 bits per heavy atom. The lowest BCUT2D eigenvalue weighted by Gasteiger charge is -2.31. The number of benzene rings is 2.